The topological polar surface area (TPSA) is 62.7 Å². The maximum absolute atomic E-state index is 11.6. The number of nitrogens with zero attached hydrogens (tertiary/aromatic N) is 2. The smallest absolute Gasteiger partial charge is 0.323 e. The zero-order valence-corrected chi connectivity index (χ0v) is 10.7. The first-order chi connectivity index (χ1) is 8.10. The number of aromatic nitrogens is 1. The molecular weight excluding hydrogens is 240 g/mol. The zero-order chi connectivity index (χ0) is 12.4. The van der Waals surface area contributed by atoms with E-state index < -0.39 is 6.10 Å². The summed E-state index contributed by atoms with van der Waals surface area (Å²) in [5, 5.41) is 10.6. The van der Waals surface area contributed by atoms with Gasteiger partial charge in [-0.2, -0.15) is 0 Å². The monoisotopic (exact) mass is 256 g/mol. The van der Waals surface area contributed by atoms with E-state index >= 15 is 0 Å². The second-order valence-corrected chi connectivity index (χ2v) is 5.54. The number of rotatable bonds is 3. The zero-order valence-electron chi connectivity index (χ0n) is 9.92. The van der Waals surface area contributed by atoms with Crippen molar-refractivity contribution in [3.05, 3.63) is 16.1 Å². The normalized spacial score (nSPS) is 25.1. The van der Waals surface area contributed by atoms with Crippen molar-refractivity contribution in [2.45, 2.75) is 32.0 Å². The maximum Gasteiger partial charge on any atom is 0.323 e. The van der Waals surface area contributed by atoms with Gasteiger partial charge in [0.1, 0.15) is 11.0 Å². The van der Waals surface area contributed by atoms with E-state index in [9.17, 15) is 9.90 Å². The van der Waals surface area contributed by atoms with Crippen LogP contribution in [-0.2, 0) is 16.1 Å². The third-order valence-electron chi connectivity index (χ3n) is 2.86. The summed E-state index contributed by atoms with van der Waals surface area (Å²) in [7, 11) is 1.37. The molecule has 1 aliphatic rings. The van der Waals surface area contributed by atoms with Gasteiger partial charge < -0.3 is 9.84 Å². The molecule has 1 aromatic rings. The number of ether oxygens (including phenoxy) is 1. The summed E-state index contributed by atoms with van der Waals surface area (Å²) in [6, 6.07) is -0.348. The number of carbonyl (C=O) groups excluding carboxylic acids is 1. The number of aliphatic hydroxyl groups excluding tert-OH is 1. The molecule has 0 aliphatic carbocycles. The van der Waals surface area contributed by atoms with Crippen LogP contribution in [-0.4, -0.2) is 46.8 Å². The van der Waals surface area contributed by atoms with Gasteiger partial charge in [-0.15, -0.1) is 11.3 Å². The number of hydrogen-bond donors (Lipinski definition) is 1. The Hall–Kier alpha value is -0.980. The molecule has 0 aromatic carbocycles. The molecular formula is C11H16N2O3S. The molecule has 94 valence electrons. The van der Waals surface area contributed by atoms with Gasteiger partial charge >= 0.3 is 5.97 Å². The number of methoxy groups -OCH3 is 1. The van der Waals surface area contributed by atoms with E-state index in [2.05, 4.69) is 4.98 Å². The molecule has 1 N–H and O–H groups in total. The second-order valence-electron chi connectivity index (χ2n) is 4.22. The molecule has 2 rings (SSSR count). The molecule has 5 nitrogen and oxygen atoms in total. The number of aliphatic hydroxyl groups is 1. The lowest BCUT2D eigenvalue weighted by atomic mass is 10.2. The summed E-state index contributed by atoms with van der Waals surface area (Å²) >= 11 is 1.61. The van der Waals surface area contributed by atoms with Gasteiger partial charge in [-0.25, -0.2) is 4.98 Å². The molecule has 2 atom stereocenters. The van der Waals surface area contributed by atoms with Gasteiger partial charge in [0.15, 0.2) is 0 Å². The Balaban J connectivity index is 2.05. The highest BCUT2D eigenvalue weighted by Gasteiger charge is 2.36. The van der Waals surface area contributed by atoms with Gasteiger partial charge in [0, 0.05) is 24.0 Å². The lowest BCUT2D eigenvalue weighted by molar-refractivity contribution is -0.146. The third-order valence-corrected chi connectivity index (χ3v) is 3.76. The highest BCUT2D eigenvalue weighted by molar-refractivity contribution is 7.11. The number of hydrogen-bond acceptors (Lipinski definition) is 6. The lowest BCUT2D eigenvalue weighted by Crippen LogP contribution is -2.36. The summed E-state index contributed by atoms with van der Waals surface area (Å²) in [6.45, 7) is 3.09. The van der Waals surface area contributed by atoms with Crippen LogP contribution in [0, 0.1) is 6.92 Å². The van der Waals surface area contributed by atoms with E-state index in [4.69, 9.17) is 4.74 Å². The van der Waals surface area contributed by atoms with Crippen LogP contribution in [0.2, 0.25) is 0 Å². The van der Waals surface area contributed by atoms with Gasteiger partial charge in [0.25, 0.3) is 0 Å². The van der Waals surface area contributed by atoms with Crippen molar-refractivity contribution >= 4 is 17.3 Å². The van der Waals surface area contributed by atoms with Crippen LogP contribution in [0.3, 0.4) is 0 Å². The van der Waals surface area contributed by atoms with Crippen LogP contribution in [0.1, 0.15) is 16.3 Å². The van der Waals surface area contributed by atoms with Gasteiger partial charge in [-0.1, -0.05) is 0 Å². The second kappa shape index (κ2) is 5.12. The van der Waals surface area contributed by atoms with Crippen LogP contribution in [0.5, 0.6) is 0 Å². The molecule has 6 heteroatoms. The summed E-state index contributed by atoms with van der Waals surface area (Å²) in [5.41, 5.74) is 0. The predicted octanol–water partition coefficient (Wildman–Crippen LogP) is 0.560. The number of aryl methyl sites for hydroxylation is 1. The Labute approximate surface area is 104 Å². The highest BCUT2D eigenvalue weighted by atomic mass is 32.1. The maximum atomic E-state index is 11.6. The van der Waals surface area contributed by atoms with Crippen molar-refractivity contribution in [3.8, 4) is 0 Å². The molecule has 17 heavy (non-hydrogen) atoms. The third kappa shape index (κ3) is 2.83. The Bertz CT molecular complexity index is 407. The van der Waals surface area contributed by atoms with Gasteiger partial charge in [0.2, 0.25) is 0 Å². The molecule has 0 saturated carbocycles. The molecule has 1 fully saturated rings. The Morgan fingerprint density at radius 1 is 1.76 bits per heavy atom. The quantitative estimate of drug-likeness (QED) is 0.801. The standard InChI is InChI=1S/C11H16N2O3S/c1-7-4-12-10(17-7)6-13-5-8(14)3-9(13)11(15)16-2/h4,8-9,14H,3,5-6H2,1-2H3/t8-,9-/m0/s1. The number of esters is 1. The van der Waals surface area contributed by atoms with E-state index in [1.807, 2.05) is 18.0 Å². The van der Waals surface area contributed by atoms with Crippen LogP contribution in [0.25, 0.3) is 0 Å². The average Bonchev–Trinajstić information content (AvgIpc) is 2.85. The first-order valence-electron chi connectivity index (χ1n) is 5.51. The number of carbonyl (C=O) groups is 1. The Kier molecular flexibility index (Phi) is 3.76. The summed E-state index contributed by atoms with van der Waals surface area (Å²) in [5.74, 6) is -0.283. The van der Waals surface area contributed by atoms with Crippen LogP contribution >= 0.6 is 11.3 Å². The Morgan fingerprint density at radius 3 is 3.12 bits per heavy atom. The SMILES string of the molecule is COC(=O)[C@@H]1C[C@H](O)CN1Cc1ncc(C)s1. The van der Waals surface area contributed by atoms with Crippen molar-refractivity contribution in [2.75, 3.05) is 13.7 Å². The molecule has 0 amide bonds. The van der Waals surface area contributed by atoms with E-state index in [0.717, 1.165) is 9.88 Å². The fraction of sp³-hybridized carbons (Fsp3) is 0.636. The summed E-state index contributed by atoms with van der Waals surface area (Å²) in [6.07, 6.45) is 1.80. The molecule has 0 spiro atoms. The van der Waals surface area contributed by atoms with Gasteiger partial charge in [0.05, 0.1) is 19.8 Å². The summed E-state index contributed by atoms with van der Waals surface area (Å²) in [4.78, 5) is 18.9. The predicted molar refractivity (Wildman–Crippen MR) is 63.7 cm³/mol. The van der Waals surface area contributed by atoms with Gasteiger partial charge in [-0.05, 0) is 6.92 Å². The fourth-order valence-electron chi connectivity index (χ4n) is 2.08. The van der Waals surface area contributed by atoms with Crippen LogP contribution in [0.15, 0.2) is 6.20 Å². The van der Waals surface area contributed by atoms with Crippen molar-refractivity contribution in [1.29, 1.82) is 0 Å². The van der Waals surface area contributed by atoms with E-state index in [-0.39, 0.29) is 12.0 Å². The first kappa shape index (κ1) is 12.5. The molecule has 0 unspecified atom stereocenters. The van der Waals surface area contributed by atoms with Gasteiger partial charge in [-0.3, -0.25) is 9.69 Å². The first-order valence-corrected chi connectivity index (χ1v) is 6.33. The van der Waals surface area contributed by atoms with E-state index in [1.165, 1.54) is 7.11 Å². The molecule has 1 aromatic heterocycles. The molecule has 0 radical (unpaired) electrons. The number of thiazole rings is 1. The van der Waals surface area contributed by atoms with Crippen molar-refractivity contribution < 1.29 is 14.6 Å². The lowest BCUT2D eigenvalue weighted by Gasteiger charge is -2.20. The molecule has 1 saturated heterocycles. The minimum Gasteiger partial charge on any atom is -0.468 e. The van der Waals surface area contributed by atoms with Crippen LogP contribution < -0.4 is 0 Å². The van der Waals surface area contributed by atoms with Crippen molar-refractivity contribution in [3.63, 3.8) is 0 Å². The Morgan fingerprint density at radius 2 is 2.53 bits per heavy atom. The van der Waals surface area contributed by atoms with Crippen molar-refractivity contribution in [1.82, 2.24) is 9.88 Å². The molecule has 0 bridgehead atoms. The minimum atomic E-state index is -0.458. The number of β-amino-alcohol motifs (C(OH)–C–C–N with tert-alkyl or cyclic N) is 1. The minimum absolute atomic E-state index is 0.283. The van der Waals surface area contributed by atoms with E-state index in [1.54, 1.807) is 11.3 Å². The van der Waals surface area contributed by atoms with Crippen molar-refractivity contribution in [2.24, 2.45) is 0 Å². The highest BCUT2D eigenvalue weighted by Crippen LogP contribution is 2.23. The van der Waals surface area contributed by atoms with Crippen LogP contribution in [0.4, 0.5) is 0 Å². The molecule has 2 heterocycles. The van der Waals surface area contributed by atoms with E-state index in [0.29, 0.717) is 19.5 Å². The number of likely N-dealkylation sites (tertiary alicyclic amines) is 1. The fourth-order valence-corrected chi connectivity index (χ4v) is 2.90. The largest absolute Gasteiger partial charge is 0.468 e. The summed E-state index contributed by atoms with van der Waals surface area (Å²) < 4.78 is 4.75. The average molecular weight is 256 g/mol. The molecule has 1 aliphatic heterocycles.